The maximum Gasteiger partial charge on any atom is 0.316 e. The third-order valence-corrected chi connectivity index (χ3v) is 4.27. The molecule has 1 aliphatic carbocycles. The first-order chi connectivity index (χ1) is 9.25. The number of aromatic amines is 1. The lowest BCUT2D eigenvalue weighted by Crippen LogP contribution is -2.22. The summed E-state index contributed by atoms with van der Waals surface area (Å²) in [5.41, 5.74) is 0. The molecule has 0 radical (unpaired) electrons. The van der Waals surface area contributed by atoms with Crippen LogP contribution in [0.2, 0.25) is 0 Å². The van der Waals surface area contributed by atoms with Crippen molar-refractivity contribution < 1.29 is 9.53 Å². The molecule has 1 aromatic rings. The largest absolute Gasteiger partial charge is 0.462 e. The molecule has 1 fully saturated rings. The normalized spacial score (nSPS) is 16.4. The van der Waals surface area contributed by atoms with Gasteiger partial charge in [0.1, 0.15) is 6.10 Å². The van der Waals surface area contributed by atoms with E-state index >= 15 is 0 Å². The number of ether oxygens (including phenoxy) is 1. The predicted octanol–water partition coefficient (Wildman–Crippen LogP) is 1.94. The Kier molecular flexibility index (Phi) is 5.84. The molecule has 0 bridgehead atoms. The van der Waals surface area contributed by atoms with Gasteiger partial charge in [-0.05, 0) is 37.9 Å². The van der Waals surface area contributed by atoms with Gasteiger partial charge in [-0.15, -0.1) is 11.8 Å². The third kappa shape index (κ3) is 4.94. The minimum atomic E-state index is -0.108. The van der Waals surface area contributed by atoms with E-state index in [-0.39, 0.29) is 12.1 Å². The van der Waals surface area contributed by atoms with Gasteiger partial charge in [-0.3, -0.25) is 4.79 Å². The monoisotopic (exact) mass is 302 g/mol. The lowest BCUT2D eigenvalue weighted by molar-refractivity contribution is -0.147. The van der Waals surface area contributed by atoms with E-state index in [4.69, 9.17) is 17.0 Å². The van der Waals surface area contributed by atoms with Crippen LogP contribution in [0.5, 0.6) is 0 Å². The zero-order valence-electron chi connectivity index (χ0n) is 10.7. The molecule has 8 heteroatoms. The number of rotatable bonds is 6. The summed E-state index contributed by atoms with van der Waals surface area (Å²) in [6, 6.07) is 0. The minimum Gasteiger partial charge on any atom is -0.462 e. The first-order valence-corrected chi connectivity index (χ1v) is 8.07. The third-order valence-electron chi connectivity index (χ3n) is 3.06. The van der Waals surface area contributed by atoms with Crippen molar-refractivity contribution in [1.29, 1.82) is 0 Å². The van der Waals surface area contributed by atoms with Crippen LogP contribution in [0.25, 0.3) is 0 Å². The highest BCUT2D eigenvalue weighted by Gasteiger charge is 2.17. The van der Waals surface area contributed by atoms with Crippen molar-refractivity contribution in [2.45, 2.75) is 44.8 Å². The number of hydrogen-bond acceptors (Lipinski definition) is 6. The van der Waals surface area contributed by atoms with Crippen LogP contribution in [0.3, 0.4) is 0 Å². The van der Waals surface area contributed by atoms with Gasteiger partial charge in [0.25, 0.3) is 0 Å². The summed E-state index contributed by atoms with van der Waals surface area (Å²) in [5.74, 6) is 1.06. The molecule has 0 amide bonds. The van der Waals surface area contributed by atoms with Crippen LogP contribution < -0.4 is 0 Å². The summed E-state index contributed by atoms with van der Waals surface area (Å²) in [7, 11) is 0. The Labute approximate surface area is 121 Å². The van der Waals surface area contributed by atoms with Gasteiger partial charge < -0.3 is 4.74 Å². The smallest absolute Gasteiger partial charge is 0.316 e. The van der Waals surface area contributed by atoms with Gasteiger partial charge in [0, 0.05) is 5.75 Å². The van der Waals surface area contributed by atoms with Crippen LogP contribution >= 0.6 is 24.0 Å². The second-order valence-electron chi connectivity index (χ2n) is 4.54. The molecule has 19 heavy (non-hydrogen) atoms. The Balaban J connectivity index is 1.58. The van der Waals surface area contributed by atoms with Crippen LogP contribution in [0.4, 0.5) is 0 Å². The highest BCUT2D eigenvalue weighted by molar-refractivity contribution is 7.99. The van der Waals surface area contributed by atoms with Crippen molar-refractivity contribution in [1.82, 2.24) is 20.2 Å². The van der Waals surface area contributed by atoms with E-state index < -0.39 is 0 Å². The molecule has 0 saturated heterocycles. The van der Waals surface area contributed by atoms with Crippen LogP contribution in [-0.2, 0) is 16.1 Å². The molecule has 2 rings (SSSR count). The summed E-state index contributed by atoms with van der Waals surface area (Å²) >= 11 is 6.49. The Morgan fingerprint density at radius 3 is 2.95 bits per heavy atom. The van der Waals surface area contributed by atoms with Crippen molar-refractivity contribution in [2.75, 3.05) is 11.5 Å². The maximum absolute atomic E-state index is 11.6. The zero-order valence-corrected chi connectivity index (χ0v) is 12.3. The van der Waals surface area contributed by atoms with E-state index in [1.807, 2.05) is 0 Å². The van der Waals surface area contributed by atoms with Crippen LogP contribution in [0, 0.1) is 4.77 Å². The van der Waals surface area contributed by atoms with E-state index in [0.29, 0.717) is 17.1 Å². The number of thioether (sulfide) groups is 1. The molecule has 0 unspecified atom stereocenters. The van der Waals surface area contributed by atoms with Crippen LogP contribution in [-0.4, -0.2) is 43.8 Å². The lowest BCUT2D eigenvalue weighted by Gasteiger charge is -2.21. The molecule has 1 N–H and O–H groups in total. The number of hydrogen-bond donors (Lipinski definition) is 1. The van der Waals surface area contributed by atoms with Crippen molar-refractivity contribution in [3.63, 3.8) is 0 Å². The Hall–Kier alpha value is -0.890. The fourth-order valence-corrected chi connectivity index (χ4v) is 2.94. The molecular weight excluding hydrogens is 284 g/mol. The molecular formula is C11H18N4O2S2. The second kappa shape index (κ2) is 7.64. The quantitative estimate of drug-likeness (QED) is 0.492. The van der Waals surface area contributed by atoms with Gasteiger partial charge >= 0.3 is 5.97 Å². The summed E-state index contributed by atoms with van der Waals surface area (Å²) in [4.78, 5) is 11.6. The fraction of sp³-hybridized carbons (Fsp3) is 0.818. The first-order valence-electron chi connectivity index (χ1n) is 6.51. The SMILES string of the molecule is O=C(CSCCn1[nH]nnc1=S)OC1CCCCC1. The van der Waals surface area contributed by atoms with Gasteiger partial charge in [0.2, 0.25) is 4.77 Å². The van der Waals surface area contributed by atoms with E-state index in [1.165, 1.54) is 31.0 Å². The number of nitrogens with zero attached hydrogens (tertiary/aromatic N) is 3. The Morgan fingerprint density at radius 2 is 2.26 bits per heavy atom. The number of aryl methyl sites for hydroxylation is 1. The Bertz CT molecular complexity index is 454. The standard InChI is InChI=1S/C11H18N4O2S2/c16-10(17-9-4-2-1-3-5-9)8-19-7-6-15-11(18)12-13-14-15/h9H,1-8H2,(H,12,14,18). The number of aromatic nitrogens is 4. The molecule has 0 aliphatic heterocycles. The number of esters is 1. The molecule has 0 atom stereocenters. The van der Waals surface area contributed by atoms with E-state index in [0.717, 1.165) is 18.6 Å². The summed E-state index contributed by atoms with van der Waals surface area (Å²) in [5, 5.41) is 9.96. The first kappa shape index (κ1) is 14.5. The van der Waals surface area contributed by atoms with Crippen molar-refractivity contribution >= 4 is 29.9 Å². The highest BCUT2D eigenvalue weighted by Crippen LogP contribution is 2.20. The average molecular weight is 302 g/mol. The molecule has 1 aromatic heterocycles. The summed E-state index contributed by atoms with van der Waals surface area (Å²) in [6.45, 7) is 0.674. The number of carbonyl (C=O) groups excluding carboxylic acids is 1. The van der Waals surface area contributed by atoms with Gasteiger partial charge in [-0.1, -0.05) is 16.7 Å². The minimum absolute atomic E-state index is 0.108. The topological polar surface area (TPSA) is 72.8 Å². The highest BCUT2D eigenvalue weighted by atomic mass is 32.2. The molecule has 1 saturated carbocycles. The predicted molar refractivity (Wildman–Crippen MR) is 75.5 cm³/mol. The molecule has 0 spiro atoms. The molecule has 0 aromatic carbocycles. The average Bonchev–Trinajstić information content (AvgIpc) is 2.81. The Morgan fingerprint density at radius 1 is 1.47 bits per heavy atom. The van der Waals surface area contributed by atoms with Gasteiger partial charge in [-0.25, -0.2) is 4.68 Å². The zero-order chi connectivity index (χ0) is 13.5. The second-order valence-corrected chi connectivity index (χ2v) is 6.01. The maximum atomic E-state index is 11.6. The molecule has 6 nitrogen and oxygen atoms in total. The lowest BCUT2D eigenvalue weighted by atomic mass is 9.98. The van der Waals surface area contributed by atoms with Gasteiger partial charge in [0.05, 0.1) is 12.3 Å². The van der Waals surface area contributed by atoms with Gasteiger partial charge in [0.15, 0.2) is 0 Å². The van der Waals surface area contributed by atoms with E-state index in [1.54, 1.807) is 4.68 Å². The van der Waals surface area contributed by atoms with Crippen molar-refractivity contribution in [3.8, 4) is 0 Å². The van der Waals surface area contributed by atoms with E-state index in [9.17, 15) is 4.79 Å². The van der Waals surface area contributed by atoms with E-state index in [2.05, 4.69) is 15.5 Å². The molecule has 1 heterocycles. The van der Waals surface area contributed by atoms with Crippen LogP contribution in [0.15, 0.2) is 0 Å². The summed E-state index contributed by atoms with van der Waals surface area (Å²) < 4.78 is 7.54. The summed E-state index contributed by atoms with van der Waals surface area (Å²) in [6.07, 6.45) is 5.80. The number of H-pyrrole nitrogens is 1. The number of tetrazole rings is 1. The van der Waals surface area contributed by atoms with Crippen molar-refractivity contribution in [3.05, 3.63) is 4.77 Å². The fourth-order valence-electron chi connectivity index (χ4n) is 2.08. The molecule has 106 valence electrons. The molecule has 1 aliphatic rings. The van der Waals surface area contributed by atoms with Crippen LogP contribution in [0.1, 0.15) is 32.1 Å². The van der Waals surface area contributed by atoms with Crippen molar-refractivity contribution in [2.24, 2.45) is 0 Å². The number of carbonyl (C=O) groups is 1. The number of nitrogens with one attached hydrogen (secondary N) is 1. The van der Waals surface area contributed by atoms with Gasteiger partial charge in [-0.2, -0.15) is 5.21 Å².